The summed E-state index contributed by atoms with van der Waals surface area (Å²) < 4.78 is 60.2. The number of fused-ring (bicyclic) bond motifs is 4. The number of carbonyl (C=O) groups excluding carboxylic acids is 2. The summed E-state index contributed by atoms with van der Waals surface area (Å²) in [6, 6.07) is 8.85. The quantitative estimate of drug-likeness (QED) is 0.343. The maximum Gasteiger partial charge on any atom is 0.327 e. The van der Waals surface area contributed by atoms with E-state index < -0.39 is 40.2 Å². The Bertz CT molecular complexity index is 1800. The van der Waals surface area contributed by atoms with Crippen LogP contribution in [0.3, 0.4) is 0 Å². The highest BCUT2D eigenvalue weighted by Crippen LogP contribution is 2.47. The number of methoxy groups -OCH3 is 1. The zero-order chi connectivity index (χ0) is 34.6. The highest BCUT2D eigenvalue weighted by molar-refractivity contribution is 7.92. The zero-order valence-electron chi connectivity index (χ0n) is 27.8. The minimum atomic E-state index is -3.70. The molecule has 7 atom stereocenters. The molecule has 3 amide bonds. The number of rotatable bonds is 3. The van der Waals surface area contributed by atoms with Gasteiger partial charge in [-0.25, -0.2) is 17.8 Å². The predicted molar refractivity (Wildman–Crippen MR) is 185 cm³/mol. The Morgan fingerprint density at radius 3 is 2.76 bits per heavy atom. The second-order valence-corrected chi connectivity index (χ2v) is 17.0. The SMILES string of the molecule is CO[C@H]1/C=C/C[C@H](C)CS(=O)(NC(=O)N[C@H]2CC2(F)F)=NC(=O)c2ccc3c(c2)N(C[C@@H]2CC[C@H]21)C[C@@]1(CCCc2cc(Cl)ccc21)CO3. The van der Waals surface area contributed by atoms with Gasteiger partial charge in [0.25, 0.3) is 11.8 Å². The van der Waals surface area contributed by atoms with Crippen molar-refractivity contribution < 1.29 is 32.1 Å². The molecule has 7 rings (SSSR count). The van der Waals surface area contributed by atoms with Crippen molar-refractivity contribution >= 4 is 39.1 Å². The number of aryl methyl sites for hydroxylation is 1. The van der Waals surface area contributed by atoms with Gasteiger partial charge in [-0.2, -0.15) is 0 Å². The van der Waals surface area contributed by atoms with Crippen LogP contribution in [0.25, 0.3) is 0 Å². The van der Waals surface area contributed by atoms with Crippen molar-refractivity contribution in [1.82, 2.24) is 10.0 Å². The fraction of sp³-hybridized carbons (Fsp3) is 0.556. The predicted octanol–water partition coefficient (Wildman–Crippen LogP) is 6.68. The molecule has 0 radical (unpaired) electrons. The third-order valence-electron chi connectivity index (χ3n) is 10.9. The van der Waals surface area contributed by atoms with E-state index in [1.54, 1.807) is 25.3 Å². The van der Waals surface area contributed by atoms with Crippen molar-refractivity contribution in [2.45, 2.75) is 75.4 Å². The summed E-state index contributed by atoms with van der Waals surface area (Å²) in [4.78, 5) is 28.8. The minimum absolute atomic E-state index is 0.112. The number of urea groups is 1. The number of benzene rings is 2. The van der Waals surface area contributed by atoms with E-state index in [2.05, 4.69) is 37.5 Å². The van der Waals surface area contributed by atoms with E-state index in [0.29, 0.717) is 42.2 Å². The third kappa shape index (κ3) is 7.05. The van der Waals surface area contributed by atoms with E-state index in [-0.39, 0.29) is 28.8 Å². The van der Waals surface area contributed by atoms with Gasteiger partial charge in [0, 0.05) is 42.6 Å². The number of halogens is 3. The van der Waals surface area contributed by atoms with Gasteiger partial charge in [-0.15, -0.1) is 4.36 Å². The lowest BCUT2D eigenvalue weighted by molar-refractivity contribution is 0.0131. The topological polar surface area (TPSA) is 109 Å². The molecule has 5 aliphatic rings. The first-order valence-electron chi connectivity index (χ1n) is 17.1. The van der Waals surface area contributed by atoms with Crippen LogP contribution in [0.15, 0.2) is 52.9 Å². The summed E-state index contributed by atoms with van der Waals surface area (Å²) >= 11 is 6.42. The Morgan fingerprint density at radius 1 is 1.20 bits per heavy atom. The largest absolute Gasteiger partial charge is 0.490 e. The second kappa shape index (κ2) is 13.2. The van der Waals surface area contributed by atoms with Gasteiger partial charge in [0.2, 0.25) is 0 Å². The molecule has 9 nitrogen and oxygen atoms in total. The summed E-state index contributed by atoms with van der Waals surface area (Å²) in [5.74, 6) is -2.89. The molecule has 2 bridgehead atoms. The molecule has 2 aromatic carbocycles. The Hall–Kier alpha value is -3.22. The van der Waals surface area contributed by atoms with Crippen LogP contribution in [0, 0.1) is 17.8 Å². The number of anilines is 1. The molecule has 1 unspecified atom stereocenters. The minimum Gasteiger partial charge on any atom is -0.490 e. The van der Waals surface area contributed by atoms with Gasteiger partial charge in [0.05, 0.1) is 24.2 Å². The summed E-state index contributed by atoms with van der Waals surface area (Å²) in [5, 5.41) is 2.88. The number of hydrogen-bond acceptors (Lipinski definition) is 6. The van der Waals surface area contributed by atoms with Crippen LogP contribution >= 0.6 is 11.6 Å². The summed E-state index contributed by atoms with van der Waals surface area (Å²) in [7, 11) is -1.98. The lowest BCUT2D eigenvalue weighted by Crippen LogP contribution is -2.49. The van der Waals surface area contributed by atoms with Crippen LogP contribution in [0.2, 0.25) is 5.02 Å². The highest BCUT2D eigenvalue weighted by atomic mass is 35.5. The second-order valence-electron chi connectivity index (χ2n) is 14.6. The number of amides is 3. The normalized spacial score (nSPS) is 34.2. The van der Waals surface area contributed by atoms with Crippen molar-refractivity contribution in [2.75, 3.05) is 37.5 Å². The van der Waals surface area contributed by atoms with Crippen LogP contribution in [0.4, 0.5) is 19.3 Å². The number of alkyl halides is 2. The van der Waals surface area contributed by atoms with Crippen molar-refractivity contribution in [3.05, 3.63) is 70.3 Å². The lowest BCUT2D eigenvalue weighted by atomic mass is 9.68. The first kappa shape index (κ1) is 34.2. The fourth-order valence-electron chi connectivity index (χ4n) is 8.07. The molecule has 264 valence electrons. The van der Waals surface area contributed by atoms with E-state index in [1.165, 1.54) is 11.1 Å². The molecule has 13 heteroatoms. The smallest absolute Gasteiger partial charge is 0.327 e. The Balaban J connectivity index is 1.28. The fourth-order valence-corrected chi connectivity index (χ4v) is 10.1. The van der Waals surface area contributed by atoms with E-state index in [9.17, 15) is 22.6 Å². The molecule has 2 aromatic rings. The van der Waals surface area contributed by atoms with Crippen molar-refractivity contribution in [1.29, 1.82) is 0 Å². The van der Waals surface area contributed by atoms with Crippen LogP contribution in [-0.4, -0.2) is 66.8 Å². The molecule has 3 aliphatic carbocycles. The summed E-state index contributed by atoms with van der Waals surface area (Å²) in [6.45, 7) is 3.71. The molecule has 2 saturated carbocycles. The lowest BCUT2D eigenvalue weighted by Gasteiger charge is -2.46. The molecule has 2 aliphatic heterocycles. The molecule has 0 aromatic heterocycles. The summed E-state index contributed by atoms with van der Waals surface area (Å²) in [6.07, 6.45) is 8.90. The highest BCUT2D eigenvalue weighted by Gasteiger charge is 2.58. The molecular weight excluding hydrogens is 674 g/mol. The number of nitrogens with one attached hydrogen (secondary N) is 2. The standard InChI is InChI=1S/C36H43ClF2N4O5S/c1-22-5-3-7-30(47-2)27-11-8-25(27)18-43-20-35(14-4-6-23-15-26(37)10-12-28(23)35)21-48-31-13-9-24(16-29(31)43)33(44)41-49(46,19-22)42-34(45)40-32-17-36(32,38)39/h3,7,9-10,12-13,15-16,22,25,27,30,32H,4-6,8,11,14,17-21H2,1-2H3,(H2,40,41,42,44,45,46)/b7-3+/t22-,25-,27+,30-,32-,35-,49?/m0/s1. The van der Waals surface area contributed by atoms with E-state index in [1.807, 2.05) is 19.1 Å². The average Bonchev–Trinajstić information content (AvgIpc) is 3.67. The first-order chi connectivity index (χ1) is 23.4. The Labute approximate surface area is 291 Å². The zero-order valence-corrected chi connectivity index (χ0v) is 29.3. The van der Waals surface area contributed by atoms with Gasteiger partial charge < -0.3 is 19.7 Å². The Morgan fingerprint density at radius 2 is 2.02 bits per heavy atom. The van der Waals surface area contributed by atoms with E-state index in [0.717, 1.165) is 44.3 Å². The molecule has 0 saturated heterocycles. The van der Waals surface area contributed by atoms with Gasteiger partial charge in [0.1, 0.15) is 21.7 Å². The molecule has 2 fully saturated rings. The molecule has 1 spiro atoms. The number of hydrogen-bond donors (Lipinski definition) is 2. The van der Waals surface area contributed by atoms with E-state index in [4.69, 9.17) is 21.1 Å². The van der Waals surface area contributed by atoms with Crippen LogP contribution in [-0.2, 0) is 26.5 Å². The number of nitrogens with zero attached hydrogens (tertiary/aromatic N) is 2. The summed E-state index contributed by atoms with van der Waals surface area (Å²) in [5.41, 5.74) is 3.12. The molecular formula is C36H43ClF2N4O5S. The monoisotopic (exact) mass is 716 g/mol. The van der Waals surface area contributed by atoms with Crippen LogP contribution in [0.1, 0.15) is 66.9 Å². The first-order valence-corrected chi connectivity index (χ1v) is 19.2. The van der Waals surface area contributed by atoms with Gasteiger partial charge in [-0.3, -0.25) is 9.52 Å². The van der Waals surface area contributed by atoms with Crippen LogP contribution < -0.4 is 19.7 Å². The van der Waals surface area contributed by atoms with Crippen molar-refractivity contribution in [2.24, 2.45) is 22.1 Å². The Kier molecular flexibility index (Phi) is 9.19. The van der Waals surface area contributed by atoms with Crippen molar-refractivity contribution in [3.8, 4) is 5.75 Å². The number of ether oxygens (including phenoxy) is 2. The maximum absolute atomic E-state index is 14.2. The van der Waals surface area contributed by atoms with Gasteiger partial charge in [-0.1, -0.05) is 36.7 Å². The molecule has 49 heavy (non-hydrogen) atoms. The number of carbonyl (C=O) groups is 2. The number of allylic oxidation sites excluding steroid dienone is 1. The maximum atomic E-state index is 14.2. The van der Waals surface area contributed by atoms with Gasteiger partial charge in [0.15, 0.2) is 0 Å². The molecule has 2 heterocycles. The molecule has 2 N–H and O–H groups in total. The van der Waals surface area contributed by atoms with Gasteiger partial charge >= 0.3 is 6.03 Å². The van der Waals surface area contributed by atoms with Gasteiger partial charge in [-0.05, 0) is 97.7 Å². The third-order valence-corrected chi connectivity index (χ3v) is 13.1. The average molecular weight is 717 g/mol. The van der Waals surface area contributed by atoms with Crippen molar-refractivity contribution in [3.63, 3.8) is 0 Å². The van der Waals surface area contributed by atoms with Crippen LogP contribution in [0.5, 0.6) is 5.75 Å². The van der Waals surface area contributed by atoms with E-state index >= 15 is 0 Å².